The molecule has 7 heteroatoms. The summed E-state index contributed by atoms with van der Waals surface area (Å²) in [4.78, 5) is 21.0. The van der Waals surface area contributed by atoms with Gasteiger partial charge in [-0.2, -0.15) is 5.10 Å². The summed E-state index contributed by atoms with van der Waals surface area (Å²) in [5.41, 5.74) is 4.50. The van der Waals surface area contributed by atoms with Crippen molar-refractivity contribution in [1.82, 2.24) is 19.7 Å². The van der Waals surface area contributed by atoms with E-state index < -0.39 is 0 Å². The van der Waals surface area contributed by atoms with Crippen LogP contribution in [-0.4, -0.2) is 25.7 Å². The third-order valence-electron chi connectivity index (χ3n) is 3.78. The molecular weight excluding hydrogens is 338 g/mol. The minimum atomic E-state index is -0.289. The second-order valence-electron chi connectivity index (χ2n) is 5.94. The quantitative estimate of drug-likeness (QED) is 0.725. The zero-order chi connectivity index (χ0) is 18.1. The molecule has 0 atom stereocenters. The molecule has 0 bridgehead atoms. The molecule has 1 N–H and O–H groups in total. The van der Waals surface area contributed by atoms with Gasteiger partial charge in [0.25, 0.3) is 5.91 Å². The number of nitrogens with one attached hydrogen (secondary N) is 1. The van der Waals surface area contributed by atoms with Crippen molar-refractivity contribution in [3.8, 4) is 5.82 Å². The van der Waals surface area contributed by atoms with E-state index in [1.807, 2.05) is 39.8 Å². The fraction of sp³-hybridized carbons (Fsp3) is 0.222. The van der Waals surface area contributed by atoms with Crippen molar-refractivity contribution in [2.24, 2.45) is 0 Å². The van der Waals surface area contributed by atoms with Crippen LogP contribution in [0.1, 0.15) is 33.0 Å². The number of hydrogen-bond donors (Lipinski definition) is 1. The van der Waals surface area contributed by atoms with Gasteiger partial charge in [-0.3, -0.25) is 4.79 Å². The first-order valence-electron chi connectivity index (χ1n) is 7.80. The predicted octanol–water partition coefficient (Wildman–Crippen LogP) is 3.80. The molecule has 3 rings (SSSR count). The molecule has 0 unspecified atom stereocenters. The van der Waals surface area contributed by atoms with Gasteiger partial charge in [-0.05, 0) is 57.5 Å². The number of nitrogens with zero attached hydrogens (tertiary/aromatic N) is 4. The third-order valence-corrected chi connectivity index (χ3v) is 4.05. The predicted molar refractivity (Wildman–Crippen MR) is 97.5 cm³/mol. The van der Waals surface area contributed by atoms with Crippen LogP contribution in [0.5, 0.6) is 0 Å². The minimum Gasteiger partial charge on any atom is -0.319 e. The van der Waals surface area contributed by atoms with Crippen molar-refractivity contribution in [2.45, 2.75) is 27.7 Å². The lowest BCUT2D eigenvalue weighted by Crippen LogP contribution is -2.14. The van der Waals surface area contributed by atoms with Gasteiger partial charge in [0.15, 0.2) is 11.0 Å². The molecule has 3 aromatic heterocycles. The Kier molecular flexibility index (Phi) is 4.55. The molecule has 0 aliphatic heterocycles. The van der Waals surface area contributed by atoms with E-state index in [0.717, 1.165) is 22.6 Å². The lowest BCUT2D eigenvalue weighted by Gasteiger charge is -2.11. The lowest BCUT2D eigenvalue weighted by molar-refractivity contribution is 0.102. The summed E-state index contributed by atoms with van der Waals surface area (Å²) >= 11 is 6.14. The highest BCUT2D eigenvalue weighted by atomic mass is 35.5. The molecule has 0 saturated carbocycles. The van der Waals surface area contributed by atoms with Crippen LogP contribution in [0.2, 0.25) is 5.15 Å². The van der Waals surface area contributed by atoms with Gasteiger partial charge in [-0.15, -0.1) is 0 Å². The molecule has 25 heavy (non-hydrogen) atoms. The molecule has 3 heterocycles. The molecule has 1 amide bonds. The number of amides is 1. The number of anilines is 1. The SMILES string of the molecule is Cc1cc(C)c(NC(=O)c2ccc(-n3nc(C)cc3C)nc2)c(Cl)n1. The fourth-order valence-corrected chi connectivity index (χ4v) is 2.96. The topological polar surface area (TPSA) is 72.7 Å². The van der Waals surface area contributed by atoms with Gasteiger partial charge in [0.1, 0.15) is 0 Å². The highest BCUT2D eigenvalue weighted by Crippen LogP contribution is 2.25. The van der Waals surface area contributed by atoms with Crippen molar-refractivity contribution in [3.63, 3.8) is 0 Å². The number of pyridine rings is 2. The summed E-state index contributed by atoms with van der Waals surface area (Å²) in [5.74, 6) is 0.372. The molecule has 0 radical (unpaired) electrons. The van der Waals surface area contributed by atoms with E-state index in [-0.39, 0.29) is 11.1 Å². The average molecular weight is 356 g/mol. The number of halogens is 1. The van der Waals surface area contributed by atoms with Crippen molar-refractivity contribution < 1.29 is 4.79 Å². The van der Waals surface area contributed by atoms with Gasteiger partial charge in [0, 0.05) is 17.6 Å². The number of carbonyl (C=O) groups excluding carboxylic acids is 1. The van der Waals surface area contributed by atoms with E-state index in [9.17, 15) is 4.79 Å². The van der Waals surface area contributed by atoms with Crippen molar-refractivity contribution >= 4 is 23.2 Å². The summed E-state index contributed by atoms with van der Waals surface area (Å²) in [6, 6.07) is 7.30. The van der Waals surface area contributed by atoms with Crippen molar-refractivity contribution in [1.29, 1.82) is 0 Å². The van der Waals surface area contributed by atoms with Gasteiger partial charge in [-0.25, -0.2) is 14.6 Å². The van der Waals surface area contributed by atoms with Crippen LogP contribution < -0.4 is 5.32 Å². The maximum Gasteiger partial charge on any atom is 0.257 e. The Hall–Kier alpha value is -2.73. The van der Waals surface area contributed by atoms with Gasteiger partial charge in [-0.1, -0.05) is 11.6 Å². The van der Waals surface area contributed by atoms with Crippen LogP contribution >= 0.6 is 11.6 Å². The molecule has 0 aliphatic carbocycles. The summed E-state index contributed by atoms with van der Waals surface area (Å²) < 4.78 is 1.74. The summed E-state index contributed by atoms with van der Waals surface area (Å²) in [7, 11) is 0. The summed E-state index contributed by atoms with van der Waals surface area (Å²) in [5, 5.41) is 7.46. The first-order valence-corrected chi connectivity index (χ1v) is 8.17. The van der Waals surface area contributed by atoms with E-state index >= 15 is 0 Å². The molecule has 3 aromatic rings. The van der Waals surface area contributed by atoms with E-state index in [2.05, 4.69) is 20.4 Å². The number of aryl methyl sites for hydroxylation is 4. The van der Waals surface area contributed by atoms with Crippen molar-refractivity contribution in [3.05, 3.63) is 63.8 Å². The number of carbonyl (C=O) groups is 1. The standard InChI is InChI=1S/C18H18ClN5O/c1-10-7-11(2)21-17(19)16(10)22-18(25)14-5-6-15(20-9-14)24-13(4)8-12(3)23-24/h5-9H,1-4H3,(H,22,25). The Morgan fingerprint density at radius 2 is 1.88 bits per heavy atom. The maximum absolute atomic E-state index is 12.5. The second kappa shape index (κ2) is 6.64. The second-order valence-corrected chi connectivity index (χ2v) is 6.30. The van der Waals surface area contributed by atoms with Gasteiger partial charge < -0.3 is 5.32 Å². The number of aromatic nitrogens is 4. The molecule has 6 nitrogen and oxygen atoms in total. The molecule has 0 spiro atoms. The Morgan fingerprint density at radius 3 is 2.44 bits per heavy atom. The molecular formula is C18H18ClN5O. The highest BCUT2D eigenvalue weighted by Gasteiger charge is 2.13. The third kappa shape index (κ3) is 3.53. The summed E-state index contributed by atoms with van der Waals surface area (Å²) in [6.45, 7) is 7.61. The normalized spacial score (nSPS) is 10.8. The average Bonchev–Trinajstić information content (AvgIpc) is 2.89. The molecule has 0 aliphatic rings. The number of rotatable bonds is 3. The first-order chi connectivity index (χ1) is 11.8. The van der Waals surface area contributed by atoms with E-state index in [1.165, 1.54) is 6.20 Å². The van der Waals surface area contributed by atoms with Crippen LogP contribution in [0.25, 0.3) is 5.82 Å². The Morgan fingerprint density at radius 1 is 1.12 bits per heavy atom. The fourth-order valence-electron chi connectivity index (χ4n) is 2.63. The molecule has 0 fully saturated rings. The highest BCUT2D eigenvalue weighted by molar-refractivity contribution is 6.33. The molecule has 0 aromatic carbocycles. The van der Waals surface area contributed by atoms with Crippen LogP contribution in [-0.2, 0) is 0 Å². The zero-order valence-corrected chi connectivity index (χ0v) is 15.2. The molecule has 0 saturated heterocycles. The van der Waals surface area contributed by atoms with Crippen LogP contribution in [0, 0.1) is 27.7 Å². The van der Waals surface area contributed by atoms with Gasteiger partial charge in [0.05, 0.1) is 16.9 Å². The van der Waals surface area contributed by atoms with Crippen LogP contribution in [0.15, 0.2) is 30.5 Å². The number of hydrogen-bond acceptors (Lipinski definition) is 4. The Balaban J connectivity index is 1.83. The largest absolute Gasteiger partial charge is 0.319 e. The monoisotopic (exact) mass is 355 g/mol. The minimum absolute atomic E-state index is 0.276. The summed E-state index contributed by atoms with van der Waals surface area (Å²) in [6.07, 6.45) is 1.52. The van der Waals surface area contributed by atoms with Crippen molar-refractivity contribution in [2.75, 3.05) is 5.32 Å². The first kappa shape index (κ1) is 17.1. The van der Waals surface area contributed by atoms with Gasteiger partial charge >= 0.3 is 0 Å². The Labute approximate surface area is 150 Å². The van der Waals surface area contributed by atoms with Gasteiger partial charge in [0.2, 0.25) is 0 Å². The van der Waals surface area contributed by atoms with E-state index in [0.29, 0.717) is 17.1 Å². The van der Waals surface area contributed by atoms with Crippen LogP contribution in [0.4, 0.5) is 5.69 Å². The Bertz CT molecular complexity index is 924. The lowest BCUT2D eigenvalue weighted by atomic mass is 10.2. The molecule has 128 valence electrons. The van der Waals surface area contributed by atoms with E-state index in [4.69, 9.17) is 11.6 Å². The maximum atomic E-state index is 12.5. The zero-order valence-electron chi connectivity index (χ0n) is 14.5. The van der Waals surface area contributed by atoms with Crippen LogP contribution in [0.3, 0.4) is 0 Å². The van der Waals surface area contributed by atoms with E-state index in [1.54, 1.807) is 16.8 Å². The smallest absolute Gasteiger partial charge is 0.257 e.